The molecule has 57 heavy (non-hydrogen) atoms. The first-order valence-electron chi connectivity index (χ1n) is 19.6. The maximum Gasteiger partial charge on any atom is 0.0542 e. The number of fused-ring (bicyclic) bond motifs is 9. The van der Waals surface area contributed by atoms with E-state index in [1.165, 1.54) is 99.0 Å². The van der Waals surface area contributed by atoms with E-state index in [0.717, 1.165) is 5.69 Å². The highest BCUT2D eigenvalue weighted by Crippen LogP contribution is 2.39. The monoisotopic (exact) mass is 725 g/mol. The van der Waals surface area contributed by atoms with E-state index in [2.05, 4.69) is 226 Å². The second kappa shape index (κ2) is 12.5. The molecule has 3 aromatic heterocycles. The van der Waals surface area contributed by atoms with Crippen LogP contribution >= 0.6 is 0 Å². The molecule has 0 spiro atoms. The standard InChI is InChI=1S/C54H35N3/c1-3-13-40(14-4-1)55-49-20-10-7-17-43(49)46-33-38(27-30-52(46)55)36-23-25-37(26-24-36)39-28-31-53-47(34-39)44-18-8-12-22-51(44)57(53)42-29-32-54-48(35-42)45-19-9-11-21-50(45)56(54)41-15-5-2-6-16-41/h1-35H. The Kier molecular flexibility index (Phi) is 6.93. The normalized spacial score (nSPS) is 11.9. The molecule has 0 N–H and O–H groups in total. The van der Waals surface area contributed by atoms with Crippen molar-refractivity contribution >= 4 is 65.4 Å². The molecule has 0 aliphatic carbocycles. The van der Waals surface area contributed by atoms with Gasteiger partial charge in [-0.1, -0.05) is 127 Å². The van der Waals surface area contributed by atoms with Gasteiger partial charge in [0.15, 0.2) is 0 Å². The number of para-hydroxylation sites is 5. The van der Waals surface area contributed by atoms with E-state index < -0.39 is 0 Å². The summed E-state index contributed by atoms with van der Waals surface area (Å²) < 4.78 is 7.17. The molecule has 12 rings (SSSR count). The summed E-state index contributed by atoms with van der Waals surface area (Å²) in [6, 6.07) is 77.4. The fourth-order valence-corrected chi connectivity index (χ4v) is 9.25. The van der Waals surface area contributed by atoms with E-state index >= 15 is 0 Å². The maximum absolute atomic E-state index is 2.43. The molecule has 0 radical (unpaired) electrons. The van der Waals surface area contributed by atoms with Crippen LogP contribution in [0.5, 0.6) is 0 Å². The van der Waals surface area contributed by atoms with Crippen molar-refractivity contribution in [1.29, 1.82) is 0 Å². The smallest absolute Gasteiger partial charge is 0.0542 e. The van der Waals surface area contributed by atoms with Crippen molar-refractivity contribution in [2.45, 2.75) is 0 Å². The fraction of sp³-hybridized carbons (Fsp3) is 0. The lowest BCUT2D eigenvalue weighted by atomic mass is 9.98. The summed E-state index contributed by atoms with van der Waals surface area (Å²) in [7, 11) is 0. The fourth-order valence-electron chi connectivity index (χ4n) is 9.25. The average molecular weight is 726 g/mol. The molecular formula is C54H35N3. The average Bonchev–Trinajstić information content (AvgIpc) is 3.92. The predicted octanol–water partition coefficient (Wildman–Crippen LogP) is 14.3. The molecule has 0 atom stereocenters. The Balaban J connectivity index is 0.944. The Morgan fingerprint density at radius 1 is 0.193 bits per heavy atom. The van der Waals surface area contributed by atoms with Crippen molar-refractivity contribution in [2.75, 3.05) is 0 Å². The lowest BCUT2D eigenvalue weighted by Gasteiger charge is -2.11. The zero-order chi connectivity index (χ0) is 37.5. The highest BCUT2D eigenvalue weighted by atomic mass is 15.0. The molecule has 0 saturated heterocycles. The van der Waals surface area contributed by atoms with Crippen LogP contribution in [0.1, 0.15) is 0 Å². The third-order valence-electron chi connectivity index (χ3n) is 11.8. The third kappa shape index (κ3) is 4.86. The molecule has 3 nitrogen and oxygen atoms in total. The van der Waals surface area contributed by atoms with Crippen LogP contribution in [-0.4, -0.2) is 13.7 Å². The molecule has 12 aromatic rings. The predicted molar refractivity (Wildman–Crippen MR) is 240 cm³/mol. The van der Waals surface area contributed by atoms with Gasteiger partial charge < -0.3 is 13.7 Å². The van der Waals surface area contributed by atoms with Gasteiger partial charge in [0.1, 0.15) is 0 Å². The lowest BCUT2D eigenvalue weighted by Crippen LogP contribution is -1.95. The van der Waals surface area contributed by atoms with Gasteiger partial charge in [0.05, 0.1) is 33.1 Å². The largest absolute Gasteiger partial charge is 0.309 e. The molecule has 0 bridgehead atoms. The molecule has 3 heterocycles. The van der Waals surface area contributed by atoms with Gasteiger partial charge in [-0.3, -0.25) is 0 Å². The summed E-state index contributed by atoms with van der Waals surface area (Å²) in [5.74, 6) is 0. The van der Waals surface area contributed by atoms with Crippen LogP contribution < -0.4 is 0 Å². The minimum absolute atomic E-state index is 1.16. The third-order valence-corrected chi connectivity index (χ3v) is 11.8. The quantitative estimate of drug-likeness (QED) is 0.168. The van der Waals surface area contributed by atoms with E-state index in [1.54, 1.807) is 0 Å². The first-order chi connectivity index (χ1) is 28.3. The van der Waals surface area contributed by atoms with Gasteiger partial charge in [-0.05, 0) is 107 Å². The maximum atomic E-state index is 2.43. The van der Waals surface area contributed by atoms with Crippen LogP contribution in [0.3, 0.4) is 0 Å². The van der Waals surface area contributed by atoms with Crippen LogP contribution in [-0.2, 0) is 0 Å². The summed E-state index contributed by atoms with van der Waals surface area (Å²) in [5, 5.41) is 7.53. The molecule has 9 aromatic carbocycles. The Morgan fingerprint density at radius 3 is 0.947 bits per heavy atom. The Hall–Kier alpha value is -7.62. The lowest BCUT2D eigenvalue weighted by molar-refractivity contribution is 1.17. The Morgan fingerprint density at radius 2 is 0.509 bits per heavy atom. The van der Waals surface area contributed by atoms with E-state index in [-0.39, 0.29) is 0 Å². The molecule has 0 fully saturated rings. The first kappa shape index (κ1) is 31.7. The molecule has 266 valence electrons. The molecular weight excluding hydrogens is 691 g/mol. The van der Waals surface area contributed by atoms with Crippen LogP contribution in [0.2, 0.25) is 0 Å². The van der Waals surface area contributed by atoms with Crippen LogP contribution in [0.4, 0.5) is 0 Å². The van der Waals surface area contributed by atoms with Gasteiger partial charge in [-0.2, -0.15) is 0 Å². The summed E-state index contributed by atoms with van der Waals surface area (Å²) in [6.45, 7) is 0. The van der Waals surface area contributed by atoms with Crippen molar-refractivity contribution in [1.82, 2.24) is 13.7 Å². The van der Waals surface area contributed by atoms with E-state index in [9.17, 15) is 0 Å². The number of hydrogen-bond acceptors (Lipinski definition) is 0. The van der Waals surface area contributed by atoms with Crippen molar-refractivity contribution < 1.29 is 0 Å². The zero-order valence-electron chi connectivity index (χ0n) is 31.0. The number of hydrogen-bond donors (Lipinski definition) is 0. The highest BCUT2D eigenvalue weighted by molar-refractivity contribution is 6.13. The van der Waals surface area contributed by atoms with Crippen molar-refractivity contribution in [3.8, 4) is 39.3 Å². The molecule has 0 aliphatic rings. The minimum Gasteiger partial charge on any atom is -0.309 e. The highest BCUT2D eigenvalue weighted by Gasteiger charge is 2.18. The molecule has 0 unspecified atom stereocenters. The zero-order valence-corrected chi connectivity index (χ0v) is 31.0. The van der Waals surface area contributed by atoms with Gasteiger partial charge >= 0.3 is 0 Å². The van der Waals surface area contributed by atoms with Crippen LogP contribution in [0, 0.1) is 0 Å². The minimum atomic E-state index is 1.16. The van der Waals surface area contributed by atoms with Gasteiger partial charge in [0.2, 0.25) is 0 Å². The second-order valence-electron chi connectivity index (χ2n) is 15.0. The van der Waals surface area contributed by atoms with E-state index in [1.807, 2.05) is 0 Å². The number of rotatable bonds is 5. The van der Waals surface area contributed by atoms with Gasteiger partial charge in [-0.25, -0.2) is 0 Å². The molecule has 3 heteroatoms. The topological polar surface area (TPSA) is 14.8 Å². The van der Waals surface area contributed by atoms with Gasteiger partial charge in [-0.15, -0.1) is 0 Å². The summed E-state index contributed by atoms with van der Waals surface area (Å²) in [4.78, 5) is 0. The number of benzene rings is 9. The number of aromatic nitrogens is 3. The first-order valence-corrected chi connectivity index (χ1v) is 19.6. The van der Waals surface area contributed by atoms with Gasteiger partial charge in [0.25, 0.3) is 0 Å². The van der Waals surface area contributed by atoms with Crippen molar-refractivity contribution in [3.63, 3.8) is 0 Å². The van der Waals surface area contributed by atoms with Crippen LogP contribution in [0.25, 0.3) is 105 Å². The molecule has 0 amide bonds. The second-order valence-corrected chi connectivity index (χ2v) is 15.0. The Bertz CT molecular complexity index is 3490. The van der Waals surface area contributed by atoms with Crippen molar-refractivity contribution in [2.24, 2.45) is 0 Å². The van der Waals surface area contributed by atoms with Gasteiger partial charge in [0, 0.05) is 49.4 Å². The van der Waals surface area contributed by atoms with Crippen LogP contribution in [0.15, 0.2) is 212 Å². The summed E-state index contributed by atoms with van der Waals surface area (Å²) in [6.07, 6.45) is 0. The molecule has 0 saturated carbocycles. The molecule has 0 aliphatic heterocycles. The summed E-state index contributed by atoms with van der Waals surface area (Å²) in [5.41, 5.74) is 15.6. The number of nitrogens with zero attached hydrogens (tertiary/aromatic N) is 3. The van der Waals surface area contributed by atoms with E-state index in [0.29, 0.717) is 0 Å². The van der Waals surface area contributed by atoms with E-state index in [4.69, 9.17) is 0 Å². The summed E-state index contributed by atoms with van der Waals surface area (Å²) >= 11 is 0. The van der Waals surface area contributed by atoms with Crippen molar-refractivity contribution in [3.05, 3.63) is 212 Å². The SMILES string of the molecule is c1ccc(-n2c3ccccc3c3cc(-c4ccc(-c5ccc6c(c5)c5ccccc5n6-c5ccc6c(c5)c5ccccc5n6-c5ccccc5)cc4)ccc32)cc1. The Labute approximate surface area is 329 Å².